The Bertz CT molecular complexity index is 219. The number of esters is 1. The van der Waals surface area contributed by atoms with E-state index in [0.29, 0.717) is 0 Å². The van der Waals surface area contributed by atoms with Crippen LogP contribution >= 0.6 is 0 Å². The zero-order chi connectivity index (χ0) is 12.4. The van der Waals surface area contributed by atoms with Crippen molar-refractivity contribution in [2.45, 2.75) is 52.1 Å². The molecule has 0 aliphatic rings. The fourth-order valence-electron chi connectivity index (χ4n) is 1.50. The Balaban J connectivity index is 3.59. The molecule has 2 nitrogen and oxygen atoms in total. The quantitative estimate of drug-likeness (QED) is 0.257. The molecule has 0 rings (SSSR count). The molecule has 0 aliphatic carbocycles. The number of hydrogen-bond acceptors (Lipinski definition) is 2. The predicted molar refractivity (Wildman–Crippen MR) is 68.2 cm³/mol. The Kier molecular flexibility index (Phi) is 8.59. The van der Waals surface area contributed by atoms with Gasteiger partial charge in [0.15, 0.2) is 0 Å². The largest absolute Gasteiger partial charge is 0.455 e. The lowest BCUT2D eigenvalue weighted by molar-refractivity contribution is -0.141. The van der Waals surface area contributed by atoms with Crippen molar-refractivity contribution in [3.63, 3.8) is 0 Å². The lowest BCUT2D eigenvalue weighted by Crippen LogP contribution is -2.13. The summed E-state index contributed by atoms with van der Waals surface area (Å²) in [5.41, 5.74) is 0. The van der Waals surface area contributed by atoms with Gasteiger partial charge >= 0.3 is 5.97 Å². The van der Waals surface area contributed by atoms with Gasteiger partial charge in [-0.15, -0.1) is 0 Å². The van der Waals surface area contributed by atoms with Crippen LogP contribution in [0.4, 0.5) is 0 Å². The summed E-state index contributed by atoms with van der Waals surface area (Å²) in [5.74, 6) is 0.404. The topological polar surface area (TPSA) is 26.3 Å². The number of carbonyl (C=O) groups excluding carboxylic acids is 1. The summed E-state index contributed by atoms with van der Waals surface area (Å²) in [4.78, 5) is 11.0. The molecule has 16 heavy (non-hydrogen) atoms. The van der Waals surface area contributed by atoms with Crippen LogP contribution in [0.25, 0.3) is 0 Å². The maximum Gasteiger partial charge on any atom is 0.330 e. The minimum absolute atomic E-state index is 0.162. The van der Waals surface area contributed by atoms with Crippen molar-refractivity contribution in [2.75, 3.05) is 0 Å². The molecule has 0 saturated heterocycles. The van der Waals surface area contributed by atoms with Gasteiger partial charge in [-0.05, 0) is 18.8 Å². The molecular formula is C14H24O2. The summed E-state index contributed by atoms with van der Waals surface area (Å²) < 4.78 is 5.10. The third-order valence-electron chi connectivity index (χ3n) is 2.47. The molecular weight excluding hydrogens is 200 g/mol. The molecule has 0 spiro atoms. The van der Waals surface area contributed by atoms with E-state index < -0.39 is 0 Å². The molecule has 0 saturated carbocycles. The summed E-state index contributed by atoms with van der Waals surface area (Å²) in [6.07, 6.45) is 8.36. The Hall–Kier alpha value is -1.05. The monoisotopic (exact) mass is 224 g/mol. The first-order valence-corrected chi connectivity index (χ1v) is 6.05. The summed E-state index contributed by atoms with van der Waals surface area (Å²) >= 11 is 0. The van der Waals surface area contributed by atoms with E-state index in [2.05, 4.69) is 27.0 Å². The van der Waals surface area contributed by atoms with Gasteiger partial charge in [-0.3, -0.25) is 0 Å². The van der Waals surface area contributed by atoms with Crippen LogP contribution in [0, 0.1) is 5.92 Å². The minimum atomic E-state index is -0.368. The molecule has 0 amide bonds. The fourth-order valence-corrected chi connectivity index (χ4v) is 1.50. The van der Waals surface area contributed by atoms with Crippen molar-refractivity contribution in [1.82, 2.24) is 0 Å². The van der Waals surface area contributed by atoms with Gasteiger partial charge in [-0.2, -0.15) is 0 Å². The fraction of sp³-hybridized carbons (Fsp3) is 0.643. The van der Waals surface area contributed by atoms with Crippen LogP contribution in [0.5, 0.6) is 0 Å². The van der Waals surface area contributed by atoms with E-state index >= 15 is 0 Å². The van der Waals surface area contributed by atoms with Crippen LogP contribution in [0.1, 0.15) is 46.0 Å². The standard InChI is InChI=1S/C14H24O2/c1-5-13(16-14(15)6-2)11-9-7-8-10-12(3)4/h5-6,12-13H,1-2,7-11H2,3-4H3. The highest BCUT2D eigenvalue weighted by atomic mass is 16.5. The molecule has 0 aromatic rings. The molecule has 0 aromatic heterocycles. The highest BCUT2D eigenvalue weighted by Crippen LogP contribution is 2.12. The van der Waals surface area contributed by atoms with E-state index in [1.165, 1.54) is 25.3 Å². The number of ether oxygens (including phenoxy) is 1. The second kappa shape index (κ2) is 9.20. The smallest absolute Gasteiger partial charge is 0.330 e. The Morgan fingerprint density at radius 2 is 1.81 bits per heavy atom. The molecule has 0 radical (unpaired) electrons. The van der Waals surface area contributed by atoms with E-state index in [9.17, 15) is 4.79 Å². The summed E-state index contributed by atoms with van der Waals surface area (Å²) in [6, 6.07) is 0. The van der Waals surface area contributed by atoms with Crippen molar-refractivity contribution in [1.29, 1.82) is 0 Å². The highest BCUT2D eigenvalue weighted by Gasteiger charge is 2.07. The number of unbranched alkanes of at least 4 members (excludes halogenated alkanes) is 2. The SMILES string of the molecule is C=CC(=O)OC(C=C)CCCCCC(C)C. The molecule has 0 N–H and O–H groups in total. The lowest BCUT2D eigenvalue weighted by atomic mass is 10.0. The summed E-state index contributed by atoms with van der Waals surface area (Å²) in [6.45, 7) is 11.5. The average Bonchev–Trinajstić information content (AvgIpc) is 2.26. The van der Waals surface area contributed by atoms with Crippen LogP contribution in [-0.2, 0) is 9.53 Å². The minimum Gasteiger partial charge on any atom is -0.455 e. The molecule has 1 unspecified atom stereocenters. The van der Waals surface area contributed by atoms with Gasteiger partial charge in [0.25, 0.3) is 0 Å². The molecule has 0 fully saturated rings. The predicted octanol–water partition coefficient (Wildman–Crippen LogP) is 3.88. The Labute approximate surface area is 99.4 Å². The second-order valence-electron chi connectivity index (χ2n) is 4.45. The first kappa shape index (κ1) is 14.9. The Morgan fingerprint density at radius 3 is 2.31 bits per heavy atom. The summed E-state index contributed by atoms with van der Waals surface area (Å²) in [7, 11) is 0. The third-order valence-corrected chi connectivity index (χ3v) is 2.47. The Morgan fingerprint density at radius 1 is 1.19 bits per heavy atom. The lowest BCUT2D eigenvalue weighted by Gasteiger charge is -2.12. The zero-order valence-electron chi connectivity index (χ0n) is 10.6. The average molecular weight is 224 g/mol. The normalized spacial score (nSPS) is 12.2. The van der Waals surface area contributed by atoms with Crippen molar-refractivity contribution in [3.8, 4) is 0 Å². The van der Waals surface area contributed by atoms with Crippen molar-refractivity contribution in [2.24, 2.45) is 5.92 Å². The number of rotatable bonds is 9. The van der Waals surface area contributed by atoms with E-state index in [0.717, 1.165) is 18.8 Å². The van der Waals surface area contributed by atoms with Crippen LogP contribution in [0.2, 0.25) is 0 Å². The maximum atomic E-state index is 11.0. The second-order valence-corrected chi connectivity index (χ2v) is 4.45. The van der Waals surface area contributed by atoms with Crippen LogP contribution < -0.4 is 0 Å². The molecule has 0 aromatic carbocycles. The van der Waals surface area contributed by atoms with Crippen LogP contribution in [0.3, 0.4) is 0 Å². The molecule has 1 atom stereocenters. The van der Waals surface area contributed by atoms with Gasteiger partial charge in [0.05, 0.1) is 0 Å². The van der Waals surface area contributed by atoms with Gasteiger partial charge in [-0.1, -0.05) is 52.3 Å². The first-order chi connectivity index (χ1) is 7.60. The van der Waals surface area contributed by atoms with Crippen LogP contribution in [0.15, 0.2) is 25.3 Å². The maximum absolute atomic E-state index is 11.0. The first-order valence-electron chi connectivity index (χ1n) is 6.05. The van der Waals surface area contributed by atoms with Crippen molar-refractivity contribution >= 4 is 5.97 Å². The van der Waals surface area contributed by atoms with Crippen molar-refractivity contribution < 1.29 is 9.53 Å². The van der Waals surface area contributed by atoms with Gasteiger partial charge in [0.2, 0.25) is 0 Å². The highest BCUT2D eigenvalue weighted by molar-refractivity contribution is 5.81. The van der Waals surface area contributed by atoms with E-state index in [1.807, 2.05) is 0 Å². The van der Waals surface area contributed by atoms with E-state index in [4.69, 9.17) is 4.74 Å². The van der Waals surface area contributed by atoms with E-state index in [1.54, 1.807) is 6.08 Å². The van der Waals surface area contributed by atoms with E-state index in [-0.39, 0.29) is 12.1 Å². The van der Waals surface area contributed by atoms with Crippen molar-refractivity contribution in [3.05, 3.63) is 25.3 Å². The number of carbonyl (C=O) groups is 1. The van der Waals surface area contributed by atoms with Gasteiger partial charge in [-0.25, -0.2) is 4.79 Å². The van der Waals surface area contributed by atoms with Gasteiger partial charge in [0, 0.05) is 6.08 Å². The van der Waals surface area contributed by atoms with Gasteiger partial charge in [0.1, 0.15) is 6.10 Å². The molecule has 2 heteroatoms. The van der Waals surface area contributed by atoms with Gasteiger partial charge < -0.3 is 4.74 Å². The molecule has 0 bridgehead atoms. The summed E-state index contributed by atoms with van der Waals surface area (Å²) in [5, 5.41) is 0. The zero-order valence-corrected chi connectivity index (χ0v) is 10.6. The third kappa shape index (κ3) is 8.27. The molecule has 0 heterocycles. The molecule has 92 valence electrons. The number of hydrogen-bond donors (Lipinski definition) is 0. The van der Waals surface area contributed by atoms with Crippen LogP contribution in [-0.4, -0.2) is 12.1 Å². The molecule has 0 aliphatic heterocycles.